The molecule has 0 spiro atoms. The molecular weight excluding hydrogens is 208 g/mol. The van der Waals surface area contributed by atoms with E-state index in [9.17, 15) is 0 Å². The number of rotatable bonds is 4. The third kappa shape index (κ3) is 2.43. The molecule has 0 aliphatic heterocycles. The minimum Gasteiger partial charge on any atom is -0.337 e. The molecule has 0 aliphatic carbocycles. The van der Waals surface area contributed by atoms with Gasteiger partial charge in [0.1, 0.15) is 10.8 Å². The first-order valence-corrected chi connectivity index (χ1v) is 5.74. The van der Waals surface area contributed by atoms with E-state index in [1.54, 1.807) is 11.3 Å². The first-order valence-electron chi connectivity index (χ1n) is 4.86. The maximum absolute atomic E-state index is 4.27. The second kappa shape index (κ2) is 4.55. The molecule has 0 fully saturated rings. The Hall–Kier alpha value is -1.20. The van der Waals surface area contributed by atoms with Crippen LogP contribution in [0, 0.1) is 0 Å². The lowest BCUT2D eigenvalue weighted by molar-refractivity contribution is 0.547. The Bertz CT molecular complexity index is 407. The number of nitrogens with zero attached hydrogens (tertiary/aromatic N) is 3. The van der Waals surface area contributed by atoms with Crippen molar-refractivity contribution in [2.45, 2.75) is 19.5 Å². The molecule has 1 unspecified atom stereocenters. The molecule has 0 aromatic carbocycles. The van der Waals surface area contributed by atoms with Gasteiger partial charge in [0.2, 0.25) is 0 Å². The molecule has 0 amide bonds. The van der Waals surface area contributed by atoms with Gasteiger partial charge in [-0.25, -0.2) is 9.97 Å². The molecule has 1 atom stereocenters. The van der Waals surface area contributed by atoms with Gasteiger partial charge in [0, 0.05) is 31.0 Å². The quantitative estimate of drug-likeness (QED) is 0.856. The number of aromatic nitrogens is 3. The average molecular weight is 222 g/mol. The lowest BCUT2D eigenvalue weighted by Gasteiger charge is -2.10. The van der Waals surface area contributed by atoms with Gasteiger partial charge in [-0.2, -0.15) is 0 Å². The second-order valence-electron chi connectivity index (χ2n) is 3.43. The Morgan fingerprint density at radius 1 is 1.47 bits per heavy atom. The fraction of sp³-hybridized carbons (Fsp3) is 0.400. The lowest BCUT2D eigenvalue weighted by Crippen LogP contribution is -2.19. The summed E-state index contributed by atoms with van der Waals surface area (Å²) >= 11 is 1.67. The fourth-order valence-corrected chi connectivity index (χ4v) is 2.02. The largest absolute Gasteiger partial charge is 0.337 e. The average Bonchev–Trinajstić information content (AvgIpc) is 2.85. The van der Waals surface area contributed by atoms with E-state index >= 15 is 0 Å². The van der Waals surface area contributed by atoms with Crippen molar-refractivity contribution in [1.29, 1.82) is 0 Å². The van der Waals surface area contributed by atoms with Gasteiger partial charge in [-0.15, -0.1) is 11.3 Å². The van der Waals surface area contributed by atoms with Gasteiger partial charge < -0.3 is 9.88 Å². The van der Waals surface area contributed by atoms with Gasteiger partial charge >= 0.3 is 0 Å². The second-order valence-corrected chi connectivity index (χ2v) is 4.35. The van der Waals surface area contributed by atoms with E-state index in [-0.39, 0.29) is 6.04 Å². The summed E-state index contributed by atoms with van der Waals surface area (Å²) in [5.41, 5.74) is 0. The zero-order chi connectivity index (χ0) is 10.7. The maximum Gasteiger partial charge on any atom is 0.122 e. The fourth-order valence-electron chi connectivity index (χ4n) is 1.35. The summed E-state index contributed by atoms with van der Waals surface area (Å²) in [6.07, 6.45) is 5.59. The maximum atomic E-state index is 4.27. The number of aryl methyl sites for hydroxylation is 1. The Kier molecular flexibility index (Phi) is 3.13. The molecule has 0 saturated carbocycles. The SMILES string of the molecule is CC(NCc1nccn1C)c1nccs1. The first-order chi connectivity index (χ1) is 7.27. The van der Waals surface area contributed by atoms with Crippen LogP contribution >= 0.6 is 11.3 Å². The van der Waals surface area contributed by atoms with E-state index in [0.717, 1.165) is 17.4 Å². The van der Waals surface area contributed by atoms with Crippen molar-refractivity contribution in [3.05, 3.63) is 34.8 Å². The van der Waals surface area contributed by atoms with Gasteiger partial charge in [0.25, 0.3) is 0 Å². The summed E-state index contributed by atoms with van der Waals surface area (Å²) in [5, 5.41) is 6.50. The highest BCUT2D eigenvalue weighted by Crippen LogP contribution is 2.14. The standard InChI is InChI=1S/C10H14N4S/c1-8(10-12-4-6-15-10)13-7-9-11-3-5-14(9)2/h3-6,8,13H,7H2,1-2H3. The van der Waals surface area contributed by atoms with Crippen molar-refractivity contribution in [3.8, 4) is 0 Å². The van der Waals surface area contributed by atoms with Crippen LogP contribution < -0.4 is 5.32 Å². The van der Waals surface area contributed by atoms with Crippen LogP contribution in [0.25, 0.3) is 0 Å². The van der Waals surface area contributed by atoms with Gasteiger partial charge in [-0.3, -0.25) is 0 Å². The molecule has 2 rings (SSSR count). The van der Waals surface area contributed by atoms with Crippen molar-refractivity contribution >= 4 is 11.3 Å². The number of hydrogen-bond acceptors (Lipinski definition) is 4. The van der Waals surface area contributed by atoms with Gasteiger partial charge in [0.05, 0.1) is 12.6 Å². The van der Waals surface area contributed by atoms with Crippen molar-refractivity contribution in [2.75, 3.05) is 0 Å². The van der Waals surface area contributed by atoms with Gasteiger partial charge in [0.15, 0.2) is 0 Å². The Morgan fingerprint density at radius 3 is 2.93 bits per heavy atom. The third-order valence-corrected chi connectivity index (χ3v) is 3.27. The predicted molar refractivity (Wildman–Crippen MR) is 60.6 cm³/mol. The number of thiazole rings is 1. The van der Waals surface area contributed by atoms with E-state index < -0.39 is 0 Å². The van der Waals surface area contributed by atoms with Crippen LogP contribution in [-0.2, 0) is 13.6 Å². The highest BCUT2D eigenvalue weighted by Gasteiger charge is 2.08. The molecule has 0 radical (unpaired) electrons. The normalized spacial score (nSPS) is 12.9. The lowest BCUT2D eigenvalue weighted by atomic mass is 10.3. The number of nitrogens with one attached hydrogen (secondary N) is 1. The zero-order valence-corrected chi connectivity index (χ0v) is 9.66. The highest BCUT2D eigenvalue weighted by atomic mass is 32.1. The summed E-state index contributed by atoms with van der Waals surface area (Å²) in [7, 11) is 2.00. The number of hydrogen-bond donors (Lipinski definition) is 1. The van der Waals surface area contributed by atoms with Crippen LogP contribution in [0.4, 0.5) is 0 Å². The molecule has 2 aromatic rings. The topological polar surface area (TPSA) is 42.7 Å². The van der Waals surface area contributed by atoms with E-state index in [4.69, 9.17) is 0 Å². The third-order valence-electron chi connectivity index (χ3n) is 2.31. The number of imidazole rings is 1. The van der Waals surface area contributed by atoms with Crippen LogP contribution in [0.1, 0.15) is 23.8 Å². The van der Waals surface area contributed by atoms with E-state index in [2.05, 4.69) is 22.2 Å². The summed E-state index contributed by atoms with van der Waals surface area (Å²) in [4.78, 5) is 8.52. The van der Waals surface area contributed by atoms with Crippen LogP contribution in [-0.4, -0.2) is 14.5 Å². The zero-order valence-electron chi connectivity index (χ0n) is 8.84. The molecule has 2 aromatic heterocycles. The Morgan fingerprint density at radius 2 is 2.33 bits per heavy atom. The molecule has 4 nitrogen and oxygen atoms in total. The van der Waals surface area contributed by atoms with Crippen LogP contribution in [0.2, 0.25) is 0 Å². The summed E-state index contributed by atoms with van der Waals surface area (Å²) in [5.74, 6) is 1.04. The van der Waals surface area contributed by atoms with Crippen LogP contribution in [0.3, 0.4) is 0 Å². The minimum atomic E-state index is 0.279. The van der Waals surface area contributed by atoms with E-state index in [0.29, 0.717) is 0 Å². The monoisotopic (exact) mass is 222 g/mol. The molecule has 80 valence electrons. The van der Waals surface area contributed by atoms with Crippen molar-refractivity contribution in [1.82, 2.24) is 19.9 Å². The molecule has 5 heteroatoms. The summed E-state index contributed by atoms with van der Waals surface area (Å²) in [6.45, 7) is 2.88. The summed E-state index contributed by atoms with van der Waals surface area (Å²) < 4.78 is 2.02. The first kappa shape index (κ1) is 10.3. The Balaban J connectivity index is 1.91. The highest BCUT2D eigenvalue weighted by molar-refractivity contribution is 7.09. The molecule has 0 aliphatic rings. The van der Waals surface area contributed by atoms with Crippen LogP contribution in [0.5, 0.6) is 0 Å². The van der Waals surface area contributed by atoms with Crippen molar-refractivity contribution < 1.29 is 0 Å². The molecule has 1 N–H and O–H groups in total. The molecule has 0 saturated heterocycles. The smallest absolute Gasteiger partial charge is 0.122 e. The van der Waals surface area contributed by atoms with E-state index in [1.165, 1.54) is 0 Å². The molecule has 0 bridgehead atoms. The Labute approximate surface area is 93.0 Å². The van der Waals surface area contributed by atoms with Crippen LogP contribution in [0.15, 0.2) is 24.0 Å². The predicted octanol–water partition coefficient (Wildman–Crippen LogP) is 1.73. The van der Waals surface area contributed by atoms with E-state index in [1.807, 2.05) is 35.6 Å². The molecule has 15 heavy (non-hydrogen) atoms. The molecular formula is C10H14N4S. The van der Waals surface area contributed by atoms with Crippen molar-refractivity contribution in [2.24, 2.45) is 7.05 Å². The molecule has 2 heterocycles. The summed E-state index contributed by atoms with van der Waals surface area (Å²) in [6, 6.07) is 0.279. The van der Waals surface area contributed by atoms with Gasteiger partial charge in [-0.05, 0) is 6.92 Å². The minimum absolute atomic E-state index is 0.279. The van der Waals surface area contributed by atoms with Crippen molar-refractivity contribution in [3.63, 3.8) is 0 Å². The van der Waals surface area contributed by atoms with Gasteiger partial charge in [-0.1, -0.05) is 0 Å².